The molecule has 1 aromatic carbocycles. The molecule has 0 saturated carbocycles. The van der Waals surface area contributed by atoms with E-state index in [2.05, 4.69) is 55.3 Å². The smallest absolute Gasteiger partial charge is 0.0838 e. The number of nitrogens with zero attached hydrogens (tertiary/aromatic N) is 1. The van der Waals surface area contributed by atoms with E-state index in [1.54, 1.807) is 0 Å². The van der Waals surface area contributed by atoms with Crippen molar-refractivity contribution >= 4 is 0 Å². The second kappa shape index (κ2) is 4.30. The van der Waals surface area contributed by atoms with Gasteiger partial charge in [0.1, 0.15) is 0 Å². The van der Waals surface area contributed by atoms with Crippen LogP contribution < -0.4 is 5.32 Å². The molecule has 19 heavy (non-hydrogen) atoms. The number of benzene rings is 1. The van der Waals surface area contributed by atoms with Crippen molar-refractivity contribution in [1.82, 2.24) is 10.2 Å². The van der Waals surface area contributed by atoms with Crippen molar-refractivity contribution in [3.8, 4) is 0 Å². The van der Waals surface area contributed by atoms with Crippen molar-refractivity contribution in [1.29, 1.82) is 0 Å². The van der Waals surface area contributed by atoms with Crippen LogP contribution in [0, 0.1) is 5.41 Å². The Morgan fingerprint density at radius 1 is 1.32 bits per heavy atom. The van der Waals surface area contributed by atoms with E-state index in [1.165, 1.54) is 5.56 Å². The van der Waals surface area contributed by atoms with E-state index in [1.807, 2.05) is 6.07 Å². The van der Waals surface area contributed by atoms with Crippen LogP contribution in [-0.4, -0.2) is 40.8 Å². The van der Waals surface area contributed by atoms with Crippen LogP contribution in [0.1, 0.15) is 26.3 Å². The fraction of sp³-hybridized carbons (Fsp3) is 0.625. The lowest BCUT2D eigenvalue weighted by atomic mass is 9.64. The Morgan fingerprint density at radius 2 is 2.00 bits per heavy atom. The summed E-state index contributed by atoms with van der Waals surface area (Å²) in [6.45, 7) is 9.48. The molecule has 0 spiro atoms. The van der Waals surface area contributed by atoms with E-state index in [9.17, 15) is 5.11 Å². The molecule has 2 fully saturated rings. The molecule has 3 rings (SSSR count). The van der Waals surface area contributed by atoms with E-state index in [0.717, 1.165) is 13.1 Å². The van der Waals surface area contributed by atoms with Crippen LogP contribution in [0.3, 0.4) is 0 Å². The van der Waals surface area contributed by atoms with Gasteiger partial charge in [0.15, 0.2) is 0 Å². The normalized spacial score (nSPS) is 34.9. The topological polar surface area (TPSA) is 35.5 Å². The molecule has 3 nitrogen and oxygen atoms in total. The first kappa shape index (κ1) is 13.1. The van der Waals surface area contributed by atoms with E-state index in [0.29, 0.717) is 6.54 Å². The summed E-state index contributed by atoms with van der Waals surface area (Å²) in [5.41, 5.74) is 1.56. The molecular weight excluding hydrogens is 236 g/mol. The highest BCUT2D eigenvalue weighted by Crippen LogP contribution is 2.47. The molecule has 2 aliphatic rings. The molecule has 2 aliphatic heterocycles. The lowest BCUT2D eigenvalue weighted by Gasteiger charge is -2.60. The summed E-state index contributed by atoms with van der Waals surface area (Å²) in [6, 6.07) is 10.8. The summed E-state index contributed by atoms with van der Waals surface area (Å²) in [7, 11) is 0. The summed E-state index contributed by atoms with van der Waals surface area (Å²) in [6.07, 6.45) is -0.253. The van der Waals surface area contributed by atoms with Gasteiger partial charge in [-0.1, -0.05) is 51.1 Å². The summed E-state index contributed by atoms with van der Waals surface area (Å²) in [4.78, 5) is 2.41. The first-order valence-corrected chi connectivity index (χ1v) is 7.15. The maximum absolute atomic E-state index is 10.3. The Balaban J connectivity index is 1.78. The number of nitrogens with one attached hydrogen (secondary N) is 1. The number of likely N-dealkylation sites (tertiary alicyclic amines) is 1. The van der Waals surface area contributed by atoms with Gasteiger partial charge < -0.3 is 10.4 Å². The molecular formula is C16H24N2O. The van der Waals surface area contributed by atoms with Gasteiger partial charge in [-0.05, 0) is 11.0 Å². The van der Waals surface area contributed by atoms with Gasteiger partial charge in [-0.3, -0.25) is 4.90 Å². The SMILES string of the molecule is CC(C)(C)[C@]12CN(Cc3ccccc3)[C@H]1[C@@H](O)CN2. The minimum Gasteiger partial charge on any atom is -0.390 e. The van der Waals surface area contributed by atoms with Gasteiger partial charge in [0.2, 0.25) is 0 Å². The molecule has 0 aliphatic carbocycles. The Kier molecular flexibility index (Phi) is 2.97. The minimum atomic E-state index is -0.253. The lowest BCUT2D eigenvalue weighted by molar-refractivity contribution is -0.103. The van der Waals surface area contributed by atoms with Crippen LogP contribution in [0.5, 0.6) is 0 Å². The van der Waals surface area contributed by atoms with Crippen LogP contribution in [-0.2, 0) is 6.54 Å². The molecule has 1 aromatic rings. The monoisotopic (exact) mass is 260 g/mol. The Labute approximate surface area is 115 Å². The minimum absolute atomic E-state index is 0.0706. The summed E-state index contributed by atoms with van der Waals surface area (Å²) in [5, 5.41) is 13.9. The fourth-order valence-electron chi connectivity index (χ4n) is 3.76. The van der Waals surface area contributed by atoms with Crippen molar-refractivity contribution in [3.63, 3.8) is 0 Å². The van der Waals surface area contributed by atoms with Crippen molar-refractivity contribution in [2.24, 2.45) is 5.41 Å². The maximum atomic E-state index is 10.3. The highest BCUT2D eigenvalue weighted by molar-refractivity contribution is 5.25. The van der Waals surface area contributed by atoms with E-state index in [4.69, 9.17) is 0 Å². The fourth-order valence-corrected chi connectivity index (χ4v) is 3.76. The number of aliphatic hydroxyl groups is 1. The average Bonchev–Trinajstić information content (AvgIpc) is 2.58. The molecule has 3 heteroatoms. The largest absolute Gasteiger partial charge is 0.390 e. The van der Waals surface area contributed by atoms with Crippen LogP contribution in [0.15, 0.2) is 30.3 Å². The van der Waals surface area contributed by atoms with Crippen LogP contribution in [0.25, 0.3) is 0 Å². The third-order valence-corrected chi connectivity index (χ3v) is 4.91. The van der Waals surface area contributed by atoms with Gasteiger partial charge >= 0.3 is 0 Å². The molecule has 104 valence electrons. The van der Waals surface area contributed by atoms with E-state index < -0.39 is 0 Å². The van der Waals surface area contributed by atoms with Crippen LogP contribution in [0.4, 0.5) is 0 Å². The summed E-state index contributed by atoms with van der Waals surface area (Å²) >= 11 is 0. The highest BCUT2D eigenvalue weighted by atomic mass is 16.3. The third kappa shape index (κ3) is 1.92. The average molecular weight is 260 g/mol. The first-order valence-electron chi connectivity index (χ1n) is 7.15. The Bertz CT molecular complexity index is 454. The van der Waals surface area contributed by atoms with Crippen molar-refractivity contribution in [3.05, 3.63) is 35.9 Å². The zero-order valence-electron chi connectivity index (χ0n) is 12.1. The molecule has 0 bridgehead atoms. The number of β-amino-alcohol motifs (C(OH)–C–C–N with tert-alkyl or cyclic N) is 1. The number of aliphatic hydroxyl groups excluding tert-OH is 1. The van der Waals surface area contributed by atoms with Gasteiger partial charge in [-0.25, -0.2) is 0 Å². The van der Waals surface area contributed by atoms with E-state index >= 15 is 0 Å². The number of hydrogen-bond donors (Lipinski definition) is 2. The van der Waals surface area contributed by atoms with Gasteiger partial charge in [0.25, 0.3) is 0 Å². The van der Waals surface area contributed by atoms with Gasteiger partial charge in [0, 0.05) is 19.6 Å². The quantitative estimate of drug-likeness (QED) is 0.848. The number of fused-ring (bicyclic) bond motifs is 1. The van der Waals surface area contributed by atoms with Crippen LogP contribution in [0.2, 0.25) is 0 Å². The zero-order valence-corrected chi connectivity index (χ0v) is 12.1. The second-order valence-corrected chi connectivity index (χ2v) is 7.01. The molecule has 0 amide bonds. The predicted octanol–water partition coefficient (Wildman–Crippen LogP) is 1.62. The van der Waals surface area contributed by atoms with Gasteiger partial charge in [-0.2, -0.15) is 0 Å². The van der Waals surface area contributed by atoms with Crippen molar-refractivity contribution in [2.45, 2.75) is 45.0 Å². The first-order chi connectivity index (χ1) is 8.94. The molecule has 3 atom stereocenters. The second-order valence-electron chi connectivity index (χ2n) is 7.01. The van der Waals surface area contributed by atoms with Crippen molar-refractivity contribution < 1.29 is 5.11 Å². The lowest BCUT2D eigenvalue weighted by Crippen LogP contribution is -2.77. The van der Waals surface area contributed by atoms with Crippen molar-refractivity contribution in [2.75, 3.05) is 13.1 Å². The molecule has 2 N–H and O–H groups in total. The summed E-state index contributed by atoms with van der Waals surface area (Å²) in [5.74, 6) is 0. The van der Waals surface area contributed by atoms with Gasteiger partial charge in [-0.15, -0.1) is 0 Å². The molecule has 0 radical (unpaired) electrons. The highest BCUT2D eigenvalue weighted by Gasteiger charge is 2.64. The molecule has 0 aromatic heterocycles. The number of hydrogen-bond acceptors (Lipinski definition) is 3. The third-order valence-electron chi connectivity index (χ3n) is 4.91. The standard InChI is InChI=1S/C16H24N2O/c1-15(2,3)16-11-18(14(16)13(19)9-17-16)10-12-7-5-4-6-8-12/h4-8,13-14,17,19H,9-11H2,1-3H3/t13-,14-,16-/m0/s1. The number of rotatable bonds is 2. The molecule has 2 saturated heterocycles. The molecule has 0 unspecified atom stereocenters. The predicted molar refractivity (Wildman–Crippen MR) is 76.8 cm³/mol. The van der Waals surface area contributed by atoms with Crippen LogP contribution >= 0.6 is 0 Å². The Morgan fingerprint density at radius 3 is 2.63 bits per heavy atom. The summed E-state index contributed by atoms with van der Waals surface area (Å²) < 4.78 is 0. The van der Waals surface area contributed by atoms with Gasteiger partial charge in [0.05, 0.1) is 17.7 Å². The van der Waals surface area contributed by atoms with E-state index in [-0.39, 0.29) is 23.1 Å². The zero-order chi connectivity index (χ0) is 13.7. The molecule has 2 heterocycles. The maximum Gasteiger partial charge on any atom is 0.0838 e. The Hall–Kier alpha value is -0.900.